The maximum Gasteiger partial charge on any atom is 0.0670 e. The number of nitrogens with zero attached hydrogens (tertiary/aromatic N) is 1. The molecule has 0 aromatic carbocycles. The van der Waals surface area contributed by atoms with Gasteiger partial charge in [-0.05, 0) is 70.4 Å². The van der Waals surface area contributed by atoms with E-state index in [1.807, 2.05) is 0 Å². The van der Waals surface area contributed by atoms with Gasteiger partial charge in [-0.15, -0.1) is 0 Å². The van der Waals surface area contributed by atoms with Crippen LogP contribution in [-0.4, -0.2) is 42.3 Å². The van der Waals surface area contributed by atoms with Crippen LogP contribution < -0.4 is 5.73 Å². The number of rotatable bonds is 4. The van der Waals surface area contributed by atoms with Crippen LogP contribution in [0.25, 0.3) is 0 Å². The van der Waals surface area contributed by atoms with Gasteiger partial charge in [0.05, 0.1) is 5.60 Å². The normalized spacial score (nSPS) is 39.4. The van der Waals surface area contributed by atoms with Crippen LogP contribution in [0.2, 0.25) is 0 Å². The summed E-state index contributed by atoms with van der Waals surface area (Å²) < 4.78 is 6.07. The minimum atomic E-state index is 0.0153. The number of ether oxygens (including phenoxy) is 1. The van der Waals surface area contributed by atoms with Crippen molar-refractivity contribution < 1.29 is 4.74 Å². The molecule has 0 aromatic rings. The lowest BCUT2D eigenvalue weighted by Crippen LogP contribution is -2.61. The molecule has 2 rings (SSSR count). The molecule has 2 fully saturated rings. The molecule has 0 saturated carbocycles. The molecule has 3 atom stereocenters. The lowest BCUT2D eigenvalue weighted by Gasteiger charge is -2.51. The molecule has 0 radical (unpaired) electrons. The van der Waals surface area contributed by atoms with Crippen LogP contribution in [0, 0.1) is 11.8 Å². The van der Waals surface area contributed by atoms with Gasteiger partial charge in [-0.3, -0.25) is 4.90 Å². The SMILES string of the molecule is CCC1(C)CC(CN)(N2CCCC(C(C)C)CC2)CCO1. The fourth-order valence-electron chi connectivity index (χ4n) is 4.39. The predicted octanol–water partition coefficient (Wildman–Crippen LogP) is 3.42. The first-order chi connectivity index (χ1) is 9.95. The molecule has 0 bridgehead atoms. The average molecular weight is 296 g/mol. The van der Waals surface area contributed by atoms with Crippen molar-refractivity contribution >= 4 is 0 Å². The van der Waals surface area contributed by atoms with Gasteiger partial charge in [0, 0.05) is 18.7 Å². The third-order valence-electron chi connectivity index (χ3n) is 6.24. The van der Waals surface area contributed by atoms with Crippen molar-refractivity contribution in [1.29, 1.82) is 0 Å². The van der Waals surface area contributed by atoms with Crippen molar-refractivity contribution in [3.8, 4) is 0 Å². The summed E-state index contributed by atoms with van der Waals surface area (Å²) in [6, 6.07) is 0. The smallest absolute Gasteiger partial charge is 0.0670 e. The zero-order valence-corrected chi connectivity index (χ0v) is 14.7. The molecular formula is C18H36N2O. The van der Waals surface area contributed by atoms with Gasteiger partial charge < -0.3 is 10.5 Å². The summed E-state index contributed by atoms with van der Waals surface area (Å²) in [6.45, 7) is 13.3. The van der Waals surface area contributed by atoms with Gasteiger partial charge in [-0.2, -0.15) is 0 Å². The third kappa shape index (κ3) is 3.80. The molecule has 2 saturated heterocycles. The Labute approximate surface area is 131 Å². The van der Waals surface area contributed by atoms with E-state index in [1.165, 1.54) is 32.4 Å². The van der Waals surface area contributed by atoms with E-state index in [1.54, 1.807) is 0 Å². The van der Waals surface area contributed by atoms with E-state index < -0.39 is 0 Å². The molecule has 0 aromatic heterocycles. The largest absolute Gasteiger partial charge is 0.375 e. The van der Waals surface area contributed by atoms with E-state index in [2.05, 4.69) is 32.6 Å². The van der Waals surface area contributed by atoms with Crippen LogP contribution in [0.4, 0.5) is 0 Å². The van der Waals surface area contributed by atoms with Gasteiger partial charge in [0.1, 0.15) is 0 Å². The maximum absolute atomic E-state index is 6.29. The molecule has 2 aliphatic heterocycles. The first kappa shape index (κ1) is 17.2. The maximum atomic E-state index is 6.29. The Bertz CT molecular complexity index is 333. The van der Waals surface area contributed by atoms with E-state index in [4.69, 9.17) is 10.5 Å². The number of hydrogen-bond donors (Lipinski definition) is 1. The highest BCUT2D eigenvalue weighted by Gasteiger charge is 2.45. The van der Waals surface area contributed by atoms with Crippen LogP contribution in [-0.2, 0) is 4.74 Å². The van der Waals surface area contributed by atoms with Crippen molar-refractivity contribution in [2.45, 2.75) is 77.4 Å². The van der Waals surface area contributed by atoms with Crippen molar-refractivity contribution in [2.75, 3.05) is 26.2 Å². The topological polar surface area (TPSA) is 38.5 Å². The van der Waals surface area contributed by atoms with Crippen LogP contribution in [0.3, 0.4) is 0 Å². The highest BCUT2D eigenvalue weighted by Crippen LogP contribution is 2.39. The summed E-state index contributed by atoms with van der Waals surface area (Å²) in [5.74, 6) is 1.71. The van der Waals surface area contributed by atoms with Crippen molar-refractivity contribution in [2.24, 2.45) is 17.6 Å². The molecular weight excluding hydrogens is 260 g/mol. The monoisotopic (exact) mass is 296 g/mol. The van der Waals surface area contributed by atoms with E-state index >= 15 is 0 Å². The van der Waals surface area contributed by atoms with Crippen LogP contribution in [0.1, 0.15) is 66.2 Å². The Morgan fingerprint density at radius 3 is 2.67 bits per heavy atom. The van der Waals surface area contributed by atoms with Crippen LogP contribution in [0.15, 0.2) is 0 Å². The lowest BCUT2D eigenvalue weighted by atomic mass is 9.77. The average Bonchev–Trinajstić information content (AvgIpc) is 2.73. The highest BCUT2D eigenvalue weighted by molar-refractivity contribution is 5.01. The van der Waals surface area contributed by atoms with E-state index in [-0.39, 0.29) is 11.1 Å². The molecule has 2 heterocycles. The molecule has 3 unspecified atom stereocenters. The predicted molar refractivity (Wildman–Crippen MR) is 89.4 cm³/mol. The number of likely N-dealkylation sites (tertiary alicyclic amines) is 1. The fourth-order valence-corrected chi connectivity index (χ4v) is 4.39. The molecule has 0 aliphatic carbocycles. The van der Waals surface area contributed by atoms with E-state index in [0.717, 1.165) is 44.2 Å². The molecule has 2 N–H and O–H groups in total. The van der Waals surface area contributed by atoms with E-state index in [9.17, 15) is 0 Å². The Morgan fingerprint density at radius 2 is 2.05 bits per heavy atom. The van der Waals surface area contributed by atoms with Crippen molar-refractivity contribution in [1.82, 2.24) is 4.90 Å². The molecule has 21 heavy (non-hydrogen) atoms. The summed E-state index contributed by atoms with van der Waals surface area (Å²) in [5.41, 5.74) is 6.48. The molecule has 124 valence electrons. The standard InChI is InChI=1S/C18H36N2O/c1-5-17(4)13-18(14-19,9-12-21-17)20-10-6-7-16(8-11-20)15(2)3/h15-16H,5-14,19H2,1-4H3. The molecule has 3 heteroatoms. The fraction of sp³-hybridized carbons (Fsp3) is 1.00. The summed E-state index contributed by atoms with van der Waals surface area (Å²) >= 11 is 0. The summed E-state index contributed by atoms with van der Waals surface area (Å²) in [4.78, 5) is 2.73. The van der Waals surface area contributed by atoms with Crippen LogP contribution >= 0.6 is 0 Å². The molecule has 0 spiro atoms. The molecule has 3 nitrogen and oxygen atoms in total. The van der Waals surface area contributed by atoms with Crippen molar-refractivity contribution in [3.05, 3.63) is 0 Å². The first-order valence-electron chi connectivity index (χ1n) is 9.04. The zero-order chi connectivity index (χ0) is 15.5. The Balaban J connectivity index is 2.09. The molecule has 2 aliphatic rings. The Morgan fingerprint density at radius 1 is 1.29 bits per heavy atom. The van der Waals surface area contributed by atoms with Gasteiger partial charge in [0.25, 0.3) is 0 Å². The quantitative estimate of drug-likeness (QED) is 0.864. The summed E-state index contributed by atoms with van der Waals surface area (Å²) in [5, 5.41) is 0. The van der Waals surface area contributed by atoms with Gasteiger partial charge in [-0.25, -0.2) is 0 Å². The number of nitrogens with two attached hydrogens (primary N) is 1. The van der Waals surface area contributed by atoms with Gasteiger partial charge in [0.15, 0.2) is 0 Å². The van der Waals surface area contributed by atoms with Gasteiger partial charge in [-0.1, -0.05) is 20.8 Å². The lowest BCUT2D eigenvalue weighted by molar-refractivity contribution is -0.128. The minimum Gasteiger partial charge on any atom is -0.375 e. The number of hydrogen-bond acceptors (Lipinski definition) is 3. The van der Waals surface area contributed by atoms with Crippen LogP contribution in [0.5, 0.6) is 0 Å². The second kappa shape index (κ2) is 6.97. The Kier molecular flexibility index (Phi) is 5.72. The zero-order valence-electron chi connectivity index (χ0n) is 14.7. The second-order valence-corrected chi connectivity index (χ2v) is 7.93. The highest BCUT2D eigenvalue weighted by atomic mass is 16.5. The third-order valence-corrected chi connectivity index (χ3v) is 6.24. The summed E-state index contributed by atoms with van der Waals surface area (Å²) in [7, 11) is 0. The Hall–Kier alpha value is -0.120. The first-order valence-corrected chi connectivity index (χ1v) is 9.04. The van der Waals surface area contributed by atoms with Gasteiger partial charge >= 0.3 is 0 Å². The van der Waals surface area contributed by atoms with Crippen molar-refractivity contribution in [3.63, 3.8) is 0 Å². The summed E-state index contributed by atoms with van der Waals surface area (Å²) in [6.07, 6.45) is 7.33. The van der Waals surface area contributed by atoms with E-state index in [0.29, 0.717) is 0 Å². The minimum absolute atomic E-state index is 0.0153. The van der Waals surface area contributed by atoms with Gasteiger partial charge in [0.2, 0.25) is 0 Å². The second-order valence-electron chi connectivity index (χ2n) is 7.93. The molecule has 0 amide bonds.